The molecule has 6 heteroatoms. The lowest BCUT2D eigenvalue weighted by Gasteiger charge is -2.27. The summed E-state index contributed by atoms with van der Waals surface area (Å²) in [5.41, 5.74) is 22.6. The number of aryl methyl sites for hydroxylation is 5. The van der Waals surface area contributed by atoms with Crippen molar-refractivity contribution in [1.82, 2.24) is 0 Å². The Labute approximate surface area is 353 Å². The summed E-state index contributed by atoms with van der Waals surface area (Å²) in [5, 5.41) is 0. The van der Waals surface area contributed by atoms with E-state index in [2.05, 4.69) is 239 Å². The summed E-state index contributed by atoms with van der Waals surface area (Å²) in [6.45, 7) is 20.2. The number of benzene rings is 6. The van der Waals surface area contributed by atoms with Crippen molar-refractivity contribution in [3.63, 3.8) is 0 Å². The lowest BCUT2D eigenvalue weighted by molar-refractivity contribution is -0.435. The van der Waals surface area contributed by atoms with Gasteiger partial charge in [0.1, 0.15) is 0 Å². The minimum Gasteiger partial charge on any atom is -0.319 e. The molecule has 6 nitrogen and oxygen atoms in total. The molecule has 0 saturated heterocycles. The van der Waals surface area contributed by atoms with Gasteiger partial charge in [-0.05, 0) is 112 Å². The summed E-state index contributed by atoms with van der Waals surface area (Å²) in [6.07, 6.45) is 6.82. The molecule has 3 aliphatic heterocycles. The average Bonchev–Trinajstić information content (AvgIpc) is 3.23. The van der Waals surface area contributed by atoms with E-state index in [-0.39, 0.29) is 0 Å². The molecule has 3 aliphatic rings. The molecule has 0 aromatic heterocycles. The number of hydrogen-bond acceptors (Lipinski definition) is 3. The highest BCUT2D eigenvalue weighted by atomic mass is 15.3. The molecule has 59 heavy (non-hydrogen) atoms. The average molecular weight is 782 g/mol. The van der Waals surface area contributed by atoms with Crippen LogP contribution in [0.4, 0.5) is 34.1 Å². The Morgan fingerprint density at radius 2 is 0.847 bits per heavy atom. The molecule has 9 rings (SSSR count). The quantitative estimate of drug-likeness (QED) is 0.167. The van der Waals surface area contributed by atoms with E-state index in [0.29, 0.717) is 0 Å². The van der Waals surface area contributed by atoms with Crippen LogP contribution in [0, 0.1) is 55.4 Å². The summed E-state index contributed by atoms with van der Waals surface area (Å²) >= 11 is 0. The molecule has 0 aliphatic carbocycles. The number of para-hydroxylation sites is 3. The minimum atomic E-state index is 0.888. The van der Waals surface area contributed by atoms with Crippen molar-refractivity contribution in [3.05, 3.63) is 176 Å². The maximum atomic E-state index is 2.34. The second kappa shape index (κ2) is 17.3. The third kappa shape index (κ3) is 8.63. The SMILES string of the molecule is Cc1cc(C)c2c(c1)C=[N+](c1ccccc1)CN2C.Cc1cc(C)c2c(c1C)N(C)C[N+](c1ccccc1)=C2.Cc1cc2c(c(C)c1C)C=[N+](c1ccccc1)CN2C. The van der Waals surface area contributed by atoms with Crippen LogP contribution in [0.25, 0.3) is 0 Å². The van der Waals surface area contributed by atoms with Crippen molar-refractivity contribution < 1.29 is 13.7 Å². The number of rotatable bonds is 3. The fourth-order valence-corrected chi connectivity index (χ4v) is 8.75. The largest absolute Gasteiger partial charge is 0.319 e. The number of hydrogen-bond donors (Lipinski definition) is 0. The Morgan fingerprint density at radius 3 is 1.39 bits per heavy atom. The lowest BCUT2D eigenvalue weighted by Crippen LogP contribution is -2.33. The van der Waals surface area contributed by atoms with Gasteiger partial charge in [0.05, 0.1) is 33.8 Å². The Hall–Kier alpha value is -6.27. The zero-order chi connectivity index (χ0) is 42.0. The highest BCUT2D eigenvalue weighted by Gasteiger charge is 2.27. The van der Waals surface area contributed by atoms with E-state index in [9.17, 15) is 0 Å². The van der Waals surface area contributed by atoms with Crippen molar-refractivity contribution in [2.45, 2.75) is 55.4 Å². The van der Waals surface area contributed by atoms with Gasteiger partial charge >= 0.3 is 0 Å². The first kappa shape index (κ1) is 40.9. The smallest absolute Gasteiger partial charge is 0.224 e. The van der Waals surface area contributed by atoms with Gasteiger partial charge in [-0.2, -0.15) is 13.7 Å². The van der Waals surface area contributed by atoms with Gasteiger partial charge in [0.25, 0.3) is 0 Å². The molecular weight excluding hydrogens is 721 g/mol. The molecule has 0 saturated carbocycles. The molecule has 0 bridgehead atoms. The second-order valence-corrected chi connectivity index (χ2v) is 16.6. The highest BCUT2D eigenvalue weighted by Crippen LogP contribution is 2.33. The van der Waals surface area contributed by atoms with Crippen LogP contribution in [0.2, 0.25) is 0 Å². The van der Waals surface area contributed by atoms with E-state index in [4.69, 9.17) is 0 Å². The van der Waals surface area contributed by atoms with Gasteiger partial charge in [0.2, 0.25) is 37.1 Å². The third-order valence-corrected chi connectivity index (χ3v) is 12.1. The molecule has 0 spiro atoms. The molecule has 0 N–H and O–H groups in total. The first-order valence-electron chi connectivity index (χ1n) is 20.8. The van der Waals surface area contributed by atoms with Gasteiger partial charge in [-0.25, -0.2) is 0 Å². The zero-order valence-electron chi connectivity index (χ0n) is 37.0. The predicted octanol–water partition coefficient (Wildman–Crippen LogP) is 11.0. The van der Waals surface area contributed by atoms with Gasteiger partial charge in [0, 0.05) is 57.5 Å². The van der Waals surface area contributed by atoms with Crippen LogP contribution in [0.3, 0.4) is 0 Å². The standard InChI is InChI=1S/2C18H21N2.C17H19N2/c1-13-10-18-17(15(3)14(13)2)11-20(12-19(18)4)16-8-6-5-7-9-16;1-13-10-14(2)17-11-20(16-8-6-5-7-9-16)12-19(4)18(17)15(13)3;1-13-9-14(2)17-15(10-13)11-19(12-18(17)3)16-7-5-4-6-8-16/h2*5-11H,12H2,1-4H3;4-11H,12H2,1-3H3/q3*+1. The van der Waals surface area contributed by atoms with Gasteiger partial charge in [-0.1, -0.05) is 66.7 Å². The Morgan fingerprint density at radius 1 is 0.390 bits per heavy atom. The molecule has 6 aromatic rings. The topological polar surface area (TPSA) is 18.8 Å². The summed E-state index contributed by atoms with van der Waals surface area (Å²) in [6, 6.07) is 40.7. The van der Waals surface area contributed by atoms with Crippen LogP contribution < -0.4 is 14.7 Å². The Balaban J connectivity index is 0.000000134. The van der Waals surface area contributed by atoms with E-state index in [1.807, 2.05) is 0 Å². The van der Waals surface area contributed by atoms with E-state index in [1.54, 1.807) is 0 Å². The van der Waals surface area contributed by atoms with Crippen LogP contribution in [-0.2, 0) is 0 Å². The number of nitrogens with zero attached hydrogens (tertiary/aromatic N) is 6. The van der Waals surface area contributed by atoms with Crippen LogP contribution >= 0.6 is 0 Å². The molecule has 0 fully saturated rings. The van der Waals surface area contributed by atoms with Gasteiger partial charge in [0.15, 0.2) is 18.6 Å². The van der Waals surface area contributed by atoms with Crippen molar-refractivity contribution in [2.75, 3.05) is 55.8 Å². The van der Waals surface area contributed by atoms with Crippen molar-refractivity contribution in [1.29, 1.82) is 0 Å². The summed E-state index contributed by atoms with van der Waals surface area (Å²) in [5.74, 6) is 0. The van der Waals surface area contributed by atoms with Crippen LogP contribution in [-0.4, -0.2) is 73.5 Å². The Kier molecular flexibility index (Phi) is 12.0. The van der Waals surface area contributed by atoms with Crippen LogP contribution in [0.5, 0.6) is 0 Å². The molecule has 6 aromatic carbocycles. The maximum absolute atomic E-state index is 2.34. The van der Waals surface area contributed by atoms with Crippen molar-refractivity contribution in [3.8, 4) is 0 Å². The molecule has 0 amide bonds. The molecular formula is C53H61N6+3. The third-order valence-electron chi connectivity index (χ3n) is 12.1. The number of anilines is 3. The lowest BCUT2D eigenvalue weighted by atomic mass is 9.96. The summed E-state index contributed by atoms with van der Waals surface area (Å²) in [4.78, 5) is 6.98. The molecule has 0 unspecified atom stereocenters. The van der Waals surface area contributed by atoms with E-state index < -0.39 is 0 Å². The highest BCUT2D eigenvalue weighted by molar-refractivity contribution is 5.91. The second-order valence-electron chi connectivity index (χ2n) is 16.6. The van der Waals surface area contributed by atoms with Gasteiger partial charge in [-0.15, -0.1) is 0 Å². The zero-order valence-corrected chi connectivity index (χ0v) is 37.0. The predicted molar refractivity (Wildman–Crippen MR) is 252 cm³/mol. The van der Waals surface area contributed by atoms with Crippen molar-refractivity contribution >= 4 is 52.8 Å². The minimum absolute atomic E-state index is 0.888. The molecule has 3 heterocycles. The summed E-state index contributed by atoms with van der Waals surface area (Å²) in [7, 11) is 6.49. The van der Waals surface area contributed by atoms with E-state index in [0.717, 1.165) is 20.0 Å². The van der Waals surface area contributed by atoms with Gasteiger partial charge < -0.3 is 14.7 Å². The fraction of sp³-hybridized carbons (Fsp3) is 0.264. The van der Waals surface area contributed by atoms with Crippen molar-refractivity contribution in [2.24, 2.45) is 0 Å². The Bertz CT molecular complexity index is 2540. The molecule has 0 radical (unpaired) electrons. The molecule has 300 valence electrons. The number of fused-ring (bicyclic) bond motifs is 3. The van der Waals surface area contributed by atoms with Crippen LogP contribution in [0.1, 0.15) is 61.2 Å². The normalized spacial score (nSPS) is 14.0. The van der Waals surface area contributed by atoms with E-state index >= 15 is 0 Å². The van der Waals surface area contributed by atoms with Gasteiger partial charge in [-0.3, -0.25) is 0 Å². The molecule has 0 atom stereocenters. The first-order chi connectivity index (χ1) is 28.3. The summed E-state index contributed by atoms with van der Waals surface area (Å²) < 4.78 is 6.91. The maximum Gasteiger partial charge on any atom is 0.224 e. The monoisotopic (exact) mass is 781 g/mol. The fourth-order valence-electron chi connectivity index (χ4n) is 8.75. The van der Waals surface area contributed by atoms with E-state index in [1.165, 1.54) is 95.3 Å². The first-order valence-corrected chi connectivity index (χ1v) is 20.8. The van der Waals surface area contributed by atoms with Crippen LogP contribution in [0.15, 0.2) is 115 Å².